The Hall–Kier alpha value is -0.780. The minimum absolute atomic E-state index is 0.240. The van der Waals surface area contributed by atoms with Crippen molar-refractivity contribution in [1.29, 1.82) is 0 Å². The lowest BCUT2D eigenvalue weighted by molar-refractivity contribution is -0.142. The van der Waals surface area contributed by atoms with Gasteiger partial charge in [-0.3, -0.25) is 4.79 Å². The number of carbonyl (C=O) groups excluding carboxylic acids is 1. The number of likely N-dealkylation sites (N-methyl/N-ethyl adjacent to an activating group) is 1. The Balaban J connectivity index is 2.97. The number of aliphatic carboxylic acids is 1. The predicted octanol–water partition coefficient (Wildman–Crippen LogP) is 2.99. The summed E-state index contributed by atoms with van der Waals surface area (Å²) in [6, 6.07) is 0.583. The van der Waals surface area contributed by atoms with Crippen molar-refractivity contribution in [1.82, 2.24) is 4.90 Å². The third-order valence-corrected chi connectivity index (χ3v) is 3.83. The number of rotatable bonds is 4. The number of carboxylic acids is 1. The van der Waals surface area contributed by atoms with Crippen LogP contribution in [0.3, 0.4) is 0 Å². The lowest BCUT2D eigenvalue weighted by atomic mass is 10.2. The molecule has 17 heavy (non-hydrogen) atoms. The highest BCUT2D eigenvalue weighted by molar-refractivity contribution is 7.20. The van der Waals surface area contributed by atoms with Gasteiger partial charge in [-0.1, -0.05) is 30.1 Å². The van der Waals surface area contributed by atoms with E-state index < -0.39 is 17.9 Å². The molecule has 0 aliphatic heterocycles. The molecule has 1 heterocycles. The van der Waals surface area contributed by atoms with Crippen molar-refractivity contribution in [2.45, 2.75) is 19.4 Å². The molecule has 0 aromatic carbocycles. The molecule has 94 valence electrons. The van der Waals surface area contributed by atoms with E-state index in [2.05, 4.69) is 0 Å². The number of hydrogen-bond acceptors (Lipinski definition) is 3. The normalized spacial score (nSPS) is 12.2. The molecule has 1 unspecified atom stereocenters. The van der Waals surface area contributed by atoms with Crippen LogP contribution in [-0.4, -0.2) is 35.0 Å². The highest BCUT2D eigenvalue weighted by Gasteiger charge is 2.27. The van der Waals surface area contributed by atoms with Crippen LogP contribution in [-0.2, 0) is 4.79 Å². The van der Waals surface area contributed by atoms with Crippen LogP contribution in [0.5, 0.6) is 0 Å². The molecule has 1 rings (SSSR count). The van der Waals surface area contributed by atoms with Crippen molar-refractivity contribution in [3.05, 3.63) is 20.3 Å². The Morgan fingerprint density at radius 2 is 2.12 bits per heavy atom. The first kappa shape index (κ1) is 14.3. The molecule has 1 N–H and O–H groups in total. The molecule has 1 aromatic heterocycles. The van der Waals surface area contributed by atoms with Gasteiger partial charge in [0.05, 0.1) is 9.90 Å². The van der Waals surface area contributed by atoms with E-state index in [0.717, 1.165) is 16.2 Å². The summed E-state index contributed by atoms with van der Waals surface area (Å²) in [5.41, 5.74) is 0.240. The van der Waals surface area contributed by atoms with Crippen molar-refractivity contribution in [2.75, 3.05) is 7.05 Å². The molecule has 1 aromatic rings. The second-order valence-electron chi connectivity index (χ2n) is 3.42. The Morgan fingerprint density at radius 3 is 2.47 bits per heavy atom. The third-order valence-electron chi connectivity index (χ3n) is 2.35. The molecule has 0 saturated heterocycles. The fraction of sp³-hybridized carbons (Fsp3) is 0.400. The van der Waals surface area contributed by atoms with E-state index in [1.54, 1.807) is 6.92 Å². The Morgan fingerprint density at radius 1 is 1.53 bits per heavy atom. The van der Waals surface area contributed by atoms with Gasteiger partial charge in [-0.15, -0.1) is 11.3 Å². The summed E-state index contributed by atoms with van der Waals surface area (Å²) in [5.74, 6) is -1.48. The molecule has 1 amide bonds. The molecule has 0 aliphatic carbocycles. The van der Waals surface area contributed by atoms with Gasteiger partial charge in [-0.25, -0.2) is 4.79 Å². The molecule has 1 atom stereocenters. The minimum atomic E-state index is -1.04. The van der Waals surface area contributed by atoms with Gasteiger partial charge in [0, 0.05) is 7.05 Å². The summed E-state index contributed by atoms with van der Waals surface area (Å²) >= 11 is 12.7. The molecular formula is C10H11Cl2NO3S. The maximum atomic E-state index is 12.0. The lowest BCUT2D eigenvalue weighted by Gasteiger charge is -2.23. The van der Waals surface area contributed by atoms with Gasteiger partial charge in [0.1, 0.15) is 10.4 Å². The average Bonchev–Trinajstić information content (AvgIpc) is 2.57. The van der Waals surface area contributed by atoms with Gasteiger partial charge in [-0.2, -0.15) is 0 Å². The van der Waals surface area contributed by atoms with Crippen LogP contribution >= 0.6 is 34.5 Å². The van der Waals surface area contributed by atoms with Crippen molar-refractivity contribution < 1.29 is 14.7 Å². The number of amides is 1. The summed E-state index contributed by atoms with van der Waals surface area (Å²) in [6.45, 7) is 1.70. The average molecular weight is 296 g/mol. The van der Waals surface area contributed by atoms with Crippen LogP contribution < -0.4 is 0 Å². The van der Waals surface area contributed by atoms with Crippen molar-refractivity contribution in [3.63, 3.8) is 0 Å². The molecule has 0 aliphatic rings. The van der Waals surface area contributed by atoms with E-state index in [4.69, 9.17) is 28.3 Å². The SMILES string of the molecule is CCC(C(=O)O)N(C)C(=O)c1cc(Cl)sc1Cl. The molecule has 0 spiro atoms. The van der Waals surface area contributed by atoms with Crippen LogP contribution in [0, 0.1) is 0 Å². The first-order chi connectivity index (χ1) is 7.88. The maximum absolute atomic E-state index is 12.0. The zero-order valence-corrected chi connectivity index (χ0v) is 11.6. The first-order valence-electron chi connectivity index (χ1n) is 4.83. The van der Waals surface area contributed by atoms with Crippen molar-refractivity contribution >= 4 is 46.4 Å². The van der Waals surface area contributed by atoms with Gasteiger partial charge >= 0.3 is 5.97 Å². The number of nitrogens with zero attached hydrogens (tertiary/aromatic N) is 1. The van der Waals surface area contributed by atoms with Crippen molar-refractivity contribution in [2.24, 2.45) is 0 Å². The van der Waals surface area contributed by atoms with Gasteiger partial charge in [0.15, 0.2) is 0 Å². The van der Waals surface area contributed by atoms with Crippen molar-refractivity contribution in [3.8, 4) is 0 Å². The fourth-order valence-corrected chi connectivity index (χ4v) is 2.88. The molecule has 0 saturated carbocycles. The van der Waals surface area contributed by atoms with Gasteiger partial charge in [0.25, 0.3) is 5.91 Å². The number of carboxylic acid groups (broad SMARTS) is 1. The number of halogens is 2. The van der Waals surface area contributed by atoms with Gasteiger partial charge < -0.3 is 10.0 Å². The molecule has 0 radical (unpaired) electrons. The number of carbonyl (C=O) groups is 2. The lowest BCUT2D eigenvalue weighted by Crippen LogP contribution is -2.41. The zero-order chi connectivity index (χ0) is 13.2. The Kier molecular flexibility index (Phi) is 4.80. The first-order valence-corrected chi connectivity index (χ1v) is 6.40. The van der Waals surface area contributed by atoms with Crippen LogP contribution in [0.1, 0.15) is 23.7 Å². The Bertz CT molecular complexity index is 447. The molecule has 0 fully saturated rings. The van der Waals surface area contributed by atoms with Gasteiger partial charge in [-0.05, 0) is 12.5 Å². The molecular weight excluding hydrogens is 285 g/mol. The van der Waals surface area contributed by atoms with Crippen LogP contribution in [0.25, 0.3) is 0 Å². The van der Waals surface area contributed by atoms with E-state index in [-0.39, 0.29) is 9.90 Å². The molecule has 0 bridgehead atoms. The maximum Gasteiger partial charge on any atom is 0.326 e. The van der Waals surface area contributed by atoms with E-state index >= 15 is 0 Å². The summed E-state index contributed by atoms with van der Waals surface area (Å²) in [6.07, 6.45) is 0.326. The summed E-state index contributed by atoms with van der Waals surface area (Å²) in [5, 5.41) is 8.96. The van der Waals surface area contributed by atoms with Crippen LogP contribution in [0.4, 0.5) is 0 Å². The fourth-order valence-electron chi connectivity index (χ4n) is 1.43. The predicted molar refractivity (Wildman–Crippen MR) is 68.1 cm³/mol. The quantitative estimate of drug-likeness (QED) is 0.929. The minimum Gasteiger partial charge on any atom is -0.480 e. The van der Waals surface area contributed by atoms with E-state index in [9.17, 15) is 9.59 Å². The van der Waals surface area contributed by atoms with E-state index in [1.165, 1.54) is 13.1 Å². The van der Waals surface area contributed by atoms with Crippen LogP contribution in [0.15, 0.2) is 6.07 Å². The second-order valence-corrected chi connectivity index (χ2v) is 5.70. The summed E-state index contributed by atoms with van der Waals surface area (Å²) in [7, 11) is 1.44. The topological polar surface area (TPSA) is 57.6 Å². The standard InChI is InChI=1S/C10H11Cl2NO3S/c1-3-6(10(15)16)13(2)9(14)5-4-7(11)17-8(5)12/h4,6H,3H2,1-2H3,(H,15,16). The van der Waals surface area contributed by atoms with Crippen LogP contribution in [0.2, 0.25) is 8.67 Å². The monoisotopic (exact) mass is 295 g/mol. The molecule has 4 nitrogen and oxygen atoms in total. The summed E-state index contributed by atoms with van der Waals surface area (Å²) in [4.78, 5) is 24.1. The molecule has 7 heteroatoms. The highest BCUT2D eigenvalue weighted by atomic mass is 35.5. The number of thiophene rings is 1. The van der Waals surface area contributed by atoms with E-state index in [1.807, 2.05) is 0 Å². The van der Waals surface area contributed by atoms with Gasteiger partial charge in [0.2, 0.25) is 0 Å². The smallest absolute Gasteiger partial charge is 0.326 e. The largest absolute Gasteiger partial charge is 0.480 e. The highest BCUT2D eigenvalue weighted by Crippen LogP contribution is 2.32. The summed E-state index contributed by atoms with van der Waals surface area (Å²) < 4.78 is 0.669. The number of hydrogen-bond donors (Lipinski definition) is 1. The third kappa shape index (κ3) is 3.12. The zero-order valence-electron chi connectivity index (χ0n) is 9.24. The Labute approximate surface area is 113 Å². The second kappa shape index (κ2) is 5.71. The van der Waals surface area contributed by atoms with E-state index in [0.29, 0.717) is 10.8 Å².